The van der Waals surface area contributed by atoms with Gasteiger partial charge in [-0.05, 0) is 61.7 Å². The van der Waals surface area contributed by atoms with Gasteiger partial charge in [0, 0.05) is 35.5 Å². The molecule has 2 nitrogen and oxygen atoms in total. The first-order chi connectivity index (χ1) is 10.2. The molecule has 1 aliphatic heterocycles. The van der Waals surface area contributed by atoms with Crippen LogP contribution in [0.2, 0.25) is 5.02 Å². The Balaban J connectivity index is 1.65. The van der Waals surface area contributed by atoms with Gasteiger partial charge in [0.05, 0.1) is 0 Å². The highest BCUT2D eigenvalue weighted by molar-refractivity contribution is 6.30. The Hall–Kier alpha value is -1.67. The number of hydrogen-bond donors (Lipinski definition) is 1. The molecule has 0 radical (unpaired) electrons. The average Bonchev–Trinajstić information content (AvgIpc) is 3.03. The zero-order valence-corrected chi connectivity index (χ0v) is 13.1. The molecule has 0 amide bonds. The lowest BCUT2D eigenvalue weighted by Crippen LogP contribution is -2.17. The molecule has 1 atom stereocenters. The van der Waals surface area contributed by atoms with Crippen LogP contribution in [-0.4, -0.2) is 13.1 Å². The zero-order chi connectivity index (χ0) is 14.7. The highest BCUT2D eigenvalue weighted by atomic mass is 35.5. The van der Waals surface area contributed by atoms with Crippen molar-refractivity contribution in [1.82, 2.24) is 0 Å². The molecule has 1 N–H and O–H groups in total. The van der Waals surface area contributed by atoms with Crippen LogP contribution in [0.4, 0.5) is 11.4 Å². The van der Waals surface area contributed by atoms with E-state index in [4.69, 9.17) is 11.6 Å². The molecular formula is C18H21ClN2. The summed E-state index contributed by atoms with van der Waals surface area (Å²) >= 11 is 5.93. The largest absolute Gasteiger partial charge is 0.379 e. The van der Waals surface area contributed by atoms with E-state index in [2.05, 4.69) is 53.5 Å². The van der Waals surface area contributed by atoms with Crippen LogP contribution in [0.15, 0.2) is 48.5 Å². The Labute approximate surface area is 131 Å². The molecule has 110 valence electrons. The van der Waals surface area contributed by atoms with E-state index >= 15 is 0 Å². The molecule has 2 aromatic rings. The normalized spacial score (nSPS) is 16.0. The molecule has 0 spiro atoms. The summed E-state index contributed by atoms with van der Waals surface area (Å²) < 4.78 is 0. The third-order valence-corrected chi connectivity index (χ3v) is 4.34. The summed E-state index contributed by atoms with van der Waals surface area (Å²) in [6.45, 7) is 4.54. The molecule has 2 aromatic carbocycles. The fourth-order valence-corrected chi connectivity index (χ4v) is 2.95. The number of nitrogens with zero attached hydrogens (tertiary/aromatic N) is 1. The summed E-state index contributed by atoms with van der Waals surface area (Å²) in [6, 6.07) is 17.0. The minimum absolute atomic E-state index is 0.264. The predicted molar refractivity (Wildman–Crippen MR) is 91.4 cm³/mol. The van der Waals surface area contributed by atoms with E-state index in [9.17, 15) is 0 Å². The van der Waals surface area contributed by atoms with Gasteiger partial charge >= 0.3 is 0 Å². The van der Waals surface area contributed by atoms with Crippen molar-refractivity contribution in [1.29, 1.82) is 0 Å². The monoisotopic (exact) mass is 300 g/mol. The molecule has 1 unspecified atom stereocenters. The summed E-state index contributed by atoms with van der Waals surface area (Å²) in [6.07, 6.45) is 2.63. The van der Waals surface area contributed by atoms with E-state index in [-0.39, 0.29) is 6.04 Å². The lowest BCUT2D eigenvalue weighted by molar-refractivity contribution is 0.884. The van der Waals surface area contributed by atoms with Crippen molar-refractivity contribution in [2.45, 2.75) is 25.8 Å². The first-order valence-electron chi connectivity index (χ1n) is 7.59. The lowest BCUT2D eigenvalue weighted by Gasteiger charge is -2.19. The van der Waals surface area contributed by atoms with Crippen molar-refractivity contribution in [2.24, 2.45) is 0 Å². The smallest absolute Gasteiger partial charge is 0.0485 e. The SMILES string of the molecule is CC(Nc1ccc(N2CCCC2)cc1)c1ccc(Cl)cc1. The number of anilines is 2. The minimum atomic E-state index is 0.264. The van der Waals surface area contributed by atoms with Crippen LogP contribution >= 0.6 is 11.6 Å². The molecule has 3 heteroatoms. The Morgan fingerprint density at radius 3 is 2.19 bits per heavy atom. The van der Waals surface area contributed by atoms with Crippen molar-refractivity contribution < 1.29 is 0 Å². The van der Waals surface area contributed by atoms with E-state index in [0.717, 1.165) is 10.7 Å². The molecule has 0 aliphatic carbocycles. The first kappa shape index (κ1) is 14.3. The number of hydrogen-bond acceptors (Lipinski definition) is 2. The van der Waals surface area contributed by atoms with Gasteiger partial charge in [-0.1, -0.05) is 23.7 Å². The molecule has 1 saturated heterocycles. The molecule has 21 heavy (non-hydrogen) atoms. The molecule has 0 saturated carbocycles. The van der Waals surface area contributed by atoms with Gasteiger partial charge in [0.2, 0.25) is 0 Å². The van der Waals surface area contributed by atoms with Gasteiger partial charge in [0.15, 0.2) is 0 Å². The van der Waals surface area contributed by atoms with Crippen molar-refractivity contribution >= 4 is 23.0 Å². The van der Waals surface area contributed by atoms with Gasteiger partial charge < -0.3 is 10.2 Å². The summed E-state index contributed by atoms with van der Waals surface area (Å²) in [7, 11) is 0. The second kappa shape index (κ2) is 6.40. The van der Waals surface area contributed by atoms with Gasteiger partial charge in [0.25, 0.3) is 0 Å². The van der Waals surface area contributed by atoms with E-state index in [0.29, 0.717) is 0 Å². The molecule has 1 heterocycles. The van der Waals surface area contributed by atoms with Crippen LogP contribution in [0.3, 0.4) is 0 Å². The topological polar surface area (TPSA) is 15.3 Å². The lowest BCUT2D eigenvalue weighted by atomic mass is 10.1. The van der Waals surface area contributed by atoms with E-state index in [1.165, 1.54) is 37.2 Å². The molecule has 0 aromatic heterocycles. The first-order valence-corrected chi connectivity index (χ1v) is 7.97. The van der Waals surface area contributed by atoms with Gasteiger partial charge in [0.1, 0.15) is 0 Å². The van der Waals surface area contributed by atoms with Gasteiger partial charge in [-0.15, -0.1) is 0 Å². The Bertz CT molecular complexity index is 571. The third kappa shape index (κ3) is 3.51. The zero-order valence-electron chi connectivity index (χ0n) is 12.3. The van der Waals surface area contributed by atoms with E-state index < -0.39 is 0 Å². The van der Waals surface area contributed by atoms with E-state index in [1.807, 2.05) is 12.1 Å². The second-order valence-electron chi connectivity index (χ2n) is 5.66. The highest BCUT2D eigenvalue weighted by Gasteiger charge is 2.12. The Kier molecular flexibility index (Phi) is 4.35. The Morgan fingerprint density at radius 1 is 0.952 bits per heavy atom. The van der Waals surface area contributed by atoms with Crippen LogP contribution in [0.25, 0.3) is 0 Å². The number of nitrogens with one attached hydrogen (secondary N) is 1. The van der Waals surface area contributed by atoms with E-state index in [1.54, 1.807) is 0 Å². The number of rotatable bonds is 4. The minimum Gasteiger partial charge on any atom is -0.379 e. The van der Waals surface area contributed by atoms with Crippen molar-refractivity contribution in [3.8, 4) is 0 Å². The van der Waals surface area contributed by atoms with Crippen molar-refractivity contribution in [2.75, 3.05) is 23.3 Å². The van der Waals surface area contributed by atoms with Gasteiger partial charge in [-0.3, -0.25) is 0 Å². The number of benzene rings is 2. The maximum absolute atomic E-state index is 5.93. The maximum Gasteiger partial charge on any atom is 0.0485 e. The summed E-state index contributed by atoms with van der Waals surface area (Å²) in [5.41, 5.74) is 3.72. The third-order valence-electron chi connectivity index (χ3n) is 4.09. The van der Waals surface area contributed by atoms with Crippen molar-refractivity contribution in [3.05, 3.63) is 59.1 Å². The molecule has 3 rings (SSSR count). The van der Waals surface area contributed by atoms with Crippen LogP contribution < -0.4 is 10.2 Å². The number of halogens is 1. The highest BCUT2D eigenvalue weighted by Crippen LogP contribution is 2.25. The summed E-state index contributed by atoms with van der Waals surface area (Å²) in [5.74, 6) is 0. The predicted octanol–water partition coefficient (Wildman–Crippen LogP) is 5.11. The maximum atomic E-state index is 5.93. The second-order valence-corrected chi connectivity index (χ2v) is 6.10. The van der Waals surface area contributed by atoms with Crippen LogP contribution in [0.5, 0.6) is 0 Å². The van der Waals surface area contributed by atoms with Gasteiger partial charge in [-0.25, -0.2) is 0 Å². The molecular weight excluding hydrogens is 280 g/mol. The van der Waals surface area contributed by atoms with Crippen LogP contribution in [0, 0.1) is 0 Å². The molecule has 1 fully saturated rings. The van der Waals surface area contributed by atoms with Crippen molar-refractivity contribution in [3.63, 3.8) is 0 Å². The van der Waals surface area contributed by atoms with Crippen LogP contribution in [0.1, 0.15) is 31.4 Å². The van der Waals surface area contributed by atoms with Crippen LogP contribution in [-0.2, 0) is 0 Å². The molecule has 1 aliphatic rings. The fraction of sp³-hybridized carbons (Fsp3) is 0.333. The summed E-state index contributed by atoms with van der Waals surface area (Å²) in [5, 5.41) is 4.31. The quantitative estimate of drug-likeness (QED) is 0.843. The van der Waals surface area contributed by atoms with Gasteiger partial charge in [-0.2, -0.15) is 0 Å². The standard InChI is InChI=1S/C18H21ClN2/c1-14(15-4-6-16(19)7-5-15)20-17-8-10-18(11-9-17)21-12-2-3-13-21/h4-11,14,20H,2-3,12-13H2,1H3. The summed E-state index contributed by atoms with van der Waals surface area (Å²) in [4.78, 5) is 2.45. The molecule has 0 bridgehead atoms. The fourth-order valence-electron chi connectivity index (χ4n) is 2.83. The Morgan fingerprint density at radius 2 is 1.57 bits per heavy atom. The average molecular weight is 301 g/mol.